The van der Waals surface area contributed by atoms with Crippen LogP contribution in [-0.2, 0) is 4.79 Å². The second kappa shape index (κ2) is 8.68. The fourth-order valence-corrected chi connectivity index (χ4v) is 4.95. The van der Waals surface area contributed by atoms with Gasteiger partial charge in [-0.25, -0.2) is 4.39 Å². The van der Waals surface area contributed by atoms with Crippen LogP contribution in [0, 0.1) is 5.82 Å². The predicted octanol–water partition coefficient (Wildman–Crippen LogP) is 3.13. The van der Waals surface area contributed by atoms with Gasteiger partial charge in [0.25, 0.3) is 5.91 Å². The maximum atomic E-state index is 14.0. The Morgan fingerprint density at radius 3 is 2.44 bits per heavy atom. The molecule has 2 fully saturated rings. The average molecular weight is 442 g/mol. The standard InChI is InChI=1S/C24H27FN2O5/c1-30-19-11-16(12-20(31-2)22(19)32-3)23(29)27-13-18(15-6-4-7-17(25)10-15)24(14-27)9-5-8-21(28)26-24/h4,6-7,10-12,18H,5,8-9,13-14H2,1-3H3,(H,26,28)/t18-,24+/m0/s1. The fraction of sp³-hybridized carbons (Fsp3) is 0.417. The molecule has 2 atom stereocenters. The summed E-state index contributed by atoms with van der Waals surface area (Å²) >= 11 is 0. The molecule has 2 amide bonds. The zero-order valence-corrected chi connectivity index (χ0v) is 18.4. The van der Waals surface area contributed by atoms with Crippen molar-refractivity contribution in [3.05, 3.63) is 53.3 Å². The quantitative estimate of drug-likeness (QED) is 0.770. The molecule has 2 aromatic rings. The third-order valence-electron chi connectivity index (χ3n) is 6.41. The molecular formula is C24H27FN2O5. The molecule has 0 bridgehead atoms. The molecular weight excluding hydrogens is 415 g/mol. The predicted molar refractivity (Wildman–Crippen MR) is 116 cm³/mol. The van der Waals surface area contributed by atoms with Crippen molar-refractivity contribution in [2.24, 2.45) is 0 Å². The van der Waals surface area contributed by atoms with Gasteiger partial charge in [0.15, 0.2) is 11.5 Å². The van der Waals surface area contributed by atoms with Crippen LogP contribution in [0.15, 0.2) is 36.4 Å². The fourth-order valence-electron chi connectivity index (χ4n) is 4.95. The van der Waals surface area contributed by atoms with Crippen molar-refractivity contribution in [3.63, 3.8) is 0 Å². The lowest BCUT2D eigenvalue weighted by Crippen LogP contribution is -2.56. The summed E-state index contributed by atoms with van der Waals surface area (Å²) in [6.45, 7) is 0.703. The molecule has 2 aliphatic rings. The van der Waals surface area contributed by atoms with Gasteiger partial charge in [0.2, 0.25) is 11.7 Å². The molecule has 2 heterocycles. The highest BCUT2D eigenvalue weighted by atomic mass is 19.1. The van der Waals surface area contributed by atoms with Crippen LogP contribution in [0.5, 0.6) is 17.2 Å². The monoisotopic (exact) mass is 442 g/mol. The van der Waals surface area contributed by atoms with Gasteiger partial charge in [0.05, 0.1) is 26.9 Å². The van der Waals surface area contributed by atoms with Gasteiger partial charge < -0.3 is 24.4 Å². The molecule has 0 aromatic heterocycles. The van der Waals surface area contributed by atoms with E-state index in [9.17, 15) is 14.0 Å². The van der Waals surface area contributed by atoms with Crippen molar-refractivity contribution >= 4 is 11.8 Å². The van der Waals surface area contributed by atoms with Gasteiger partial charge in [-0.3, -0.25) is 9.59 Å². The van der Waals surface area contributed by atoms with E-state index in [0.717, 1.165) is 18.4 Å². The van der Waals surface area contributed by atoms with Crippen molar-refractivity contribution in [1.82, 2.24) is 10.2 Å². The summed E-state index contributed by atoms with van der Waals surface area (Å²) in [7, 11) is 4.49. The molecule has 1 spiro atoms. The van der Waals surface area contributed by atoms with Crippen LogP contribution in [0.2, 0.25) is 0 Å². The Labute approximate surface area is 186 Å². The number of likely N-dealkylation sites (tertiary alicyclic amines) is 1. The number of carbonyl (C=O) groups is 2. The van der Waals surface area contributed by atoms with E-state index in [1.165, 1.54) is 33.5 Å². The maximum Gasteiger partial charge on any atom is 0.254 e. The summed E-state index contributed by atoms with van der Waals surface area (Å²) in [5.41, 5.74) is 0.531. The molecule has 2 aromatic carbocycles. The Balaban J connectivity index is 1.70. The second-order valence-electron chi connectivity index (χ2n) is 8.27. The number of benzene rings is 2. The molecule has 7 nitrogen and oxygen atoms in total. The number of piperidine rings is 1. The van der Waals surface area contributed by atoms with E-state index in [4.69, 9.17) is 14.2 Å². The van der Waals surface area contributed by atoms with Crippen LogP contribution in [-0.4, -0.2) is 56.7 Å². The van der Waals surface area contributed by atoms with Gasteiger partial charge in [0.1, 0.15) is 5.82 Å². The number of rotatable bonds is 5. The van der Waals surface area contributed by atoms with Crippen LogP contribution in [0.25, 0.3) is 0 Å². The molecule has 0 radical (unpaired) electrons. The van der Waals surface area contributed by atoms with Gasteiger partial charge in [-0.1, -0.05) is 12.1 Å². The molecule has 32 heavy (non-hydrogen) atoms. The smallest absolute Gasteiger partial charge is 0.254 e. The van der Waals surface area contributed by atoms with Crippen molar-refractivity contribution < 1.29 is 28.2 Å². The van der Waals surface area contributed by atoms with Gasteiger partial charge >= 0.3 is 0 Å². The third kappa shape index (κ3) is 3.85. The molecule has 8 heteroatoms. The van der Waals surface area contributed by atoms with E-state index >= 15 is 0 Å². The molecule has 2 aliphatic heterocycles. The zero-order chi connectivity index (χ0) is 22.9. The van der Waals surface area contributed by atoms with E-state index in [0.29, 0.717) is 42.3 Å². The third-order valence-corrected chi connectivity index (χ3v) is 6.41. The highest BCUT2D eigenvalue weighted by Gasteiger charge is 2.50. The minimum atomic E-state index is -0.626. The molecule has 4 rings (SSSR count). The van der Waals surface area contributed by atoms with E-state index in [1.54, 1.807) is 23.1 Å². The first-order valence-electron chi connectivity index (χ1n) is 10.6. The summed E-state index contributed by atoms with van der Waals surface area (Å²) in [6, 6.07) is 9.62. The number of ether oxygens (including phenoxy) is 3. The number of methoxy groups -OCH3 is 3. The summed E-state index contributed by atoms with van der Waals surface area (Å²) in [5, 5.41) is 3.13. The van der Waals surface area contributed by atoms with Gasteiger partial charge in [-0.05, 0) is 42.7 Å². The number of halogens is 1. The first-order chi connectivity index (χ1) is 15.4. The summed E-state index contributed by atoms with van der Waals surface area (Å²) in [5.74, 6) is 0.361. The second-order valence-corrected chi connectivity index (χ2v) is 8.27. The molecule has 1 N–H and O–H groups in total. The van der Waals surface area contributed by atoms with E-state index in [1.807, 2.05) is 6.07 Å². The number of nitrogens with zero attached hydrogens (tertiary/aromatic N) is 1. The zero-order valence-electron chi connectivity index (χ0n) is 18.4. The SMILES string of the molecule is COc1cc(C(=O)N2C[C@@H](c3cccc(F)c3)[C@@]3(CCCC(=O)N3)C2)cc(OC)c1OC. The Morgan fingerprint density at radius 1 is 1.12 bits per heavy atom. The van der Waals surface area contributed by atoms with Crippen LogP contribution in [0.3, 0.4) is 0 Å². The first-order valence-corrected chi connectivity index (χ1v) is 10.6. The van der Waals surface area contributed by atoms with Crippen molar-refractivity contribution in [1.29, 1.82) is 0 Å². The van der Waals surface area contributed by atoms with E-state index in [2.05, 4.69) is 5.32 Å². The first kappa shape index (κ1) is 21.9. The van der Waals surface area contributed by atoms with E-state index < -0.39 is 5.54 Å². The molecule has 0 unspecified atom stereocenters. The summed E-state index contributed by atoms with van der Waals surface area (Å²) < 4.78 is 30.1. The Kier molecular flexibility index (Phi) is 5.95. The number of amides is 2. The van der Waals surface area contributed by atoms with Crippen molar-refractivity contribution in [3.8, 4) is 17.2 Å². The van der Waals surface area contributed by atoms with Gasteiger partial charge in [0, 0.05) is 31.0 Å². The molecule has 2 saturated heterocycles. The van der Waals surface area contributed by atoms with Crippen molar-refractivity contribution in [2.45, 2.75) is 30.7 Å². The van der Waals surface area contributed by atoms with Gasteiger partial charge in [-0.2, -0.15) is 0 Å². The minimum Gasteiger partial charge on any atom is -0.493 e. The van der Waals surface area contributed by atoms with Crippen LogP contribution >= 0.6 is 0 Å². The number of nitrogens with one attached hydrogen (secondary N) is 1. The van der Waals surface area contributed by atoms with Crippen LogP contribution in [0.4, 0.5) is 4.39 Å². The number of hydrogen-bond acceptors (Lipinski definition) is 5. The summed E-state index contributed by atoms with van der Waals surface area (Å²) in [4.78, 5) is 27.5. The van der Waals surface area contributed by atoms with Crippen LogP contribution < -0.4 is 19.5 Å². The highest BCUT2D eigenvalue weighted by molar-refractivity contribution is 5.96. The van der Waals surface area contributed by atoms with E-state index in [-0.39, 0.29) is 23.5 Å². The highest BCUT2D eigenvalue weighted by Crippen LogP contribution is 2.43. The number of hydrogen-bond donors (Lipinski definition) is 1. The molecule has 0 aliphatic carbocycles. The Bertz CT molecular complexity index is 1020. The Hall–Kier alpha value is -3.29. The molecule has 170 valence electrons. The maximum absolute atomic E-state index is 14.0. The lowest BCUT2D eigenvalue weighted by molar-refractivity contribution is -0.125. The largest absolute Gasteiger partial charge is 0.493 e. The minimum absolute atomic E-state index is 0.0419. The Morgan fingerprint density at radius 2 is 1.84 bits per heavy atom. The van der Waals surface area contributed by atoms with Crippen LogP contribution in [0.1, 0.15) is 41.1 Å². The average Bonchev–Trinajstić information content (AvgIpc) is 3.15. The molecule has 0 saturated carbocycles. The number of carbonyl (C=O) groups excluding carboxylic acids is 2. The topological polar surface area (TPSA) is 77.1 Å². The lowest BCUT2D eigenvalue weighted by atomic mass is 9.76. The van der Waals surface area contributed by atoms with Crippen molar-refractivity contribution in [2.75, 3.05) is 34.4 Å². The van der Waals surface area contributed by atoms with Gasteiger partial charge in [-0.15, -0.1) is 0 Å². The normalized spacial score (nSPS) is 22.6. The lowest BCUT2D eigenvalue weighted by Gasteiger charge is -2.39. The summed E-state index contributed by atoms with van der Waals surface area (Å²) in [6.07, 6.45) is 1.90.